The molecule has 8 heteroatoms. The molecular weight excluding hydrogens is 372 g/mol. The van der Waals surface area contributed by atoms with E-state index in [1.54, 1.807) is 39.3 Å². The number of urea groups is 1. The third-order valence-electron chi connectivity index (χ3n) is 4.11. The van der Waals surface area contributed by atoms with Gasteiger partial charge in [0.05, 0.1) is 17.9 Å². The van der Waals surface area contributed by atoms with E-state index in [2.05, 4.69) is 15.7 Å². The first-order chi connectivity index (χ1) is 13.5. The van der Waals surface area contributed by atoms with Crippen LogP contribution in [0.4, 0.5) is 4.79 Å². The number of ether oxygens (including phenoxy) is 1. The molecule has 0 aliphatic heterocycles. The molecule has 0 fully saturated rings. The minimum absolute atomic E-state index is 0.323. The van der Waals surface area contributed by atoms with Gasteiger partial charge in [-0.1, -0.05) is 29.8 Å². The summed E-state index contributed by atoms with van der Waals surface area (Å²) in [7, 11) is 0. The topological polar surface area (TPSA) is 102 Å². The molecule has 1 aromatic heterocycles. The largest absolute Gasteiger partial charge is 0.452 e. The van der Waals surface area contributed by atoms with Crippen LogP contribution in [0, 0.1) is 20.8 Å². The highest BCUT2D eigenvalue weighted by Crippen LogP contribution is 2.16. The van der Waals surface area contributed by atoms with Gasteiger partial charge in [0.1, 0.15) is 5.56 Å². The number of nitrogens with zero attached hydrogens (tertiary/aromatic N) is 2. The molecule has 2 N–H and O–H groups in total. The molecule has 29 heavy (non-hydrogen) atoms. The summed E-state index contributed by atoms with van der Waals surface area (Å²) in [5.74, 6) is -1.36. The summed E-state index contributed by atoms with van der Waals surface area (Å²) in [6, 6.07) is 7.42. The number of carbonyl (C=O) groups is 3. The lowest BCUT2D eigenvalue weighted by Crippen LogP contribution is -2.49. The average molecular weight is 400 g/mol. The molecular formula is C21H28N4O4. The van der Waals surface area contributed by atoms with E-state index in [0.717, 1.165) is 5.56 Å². The number of carbonyl (C=O) groups excluding carboxylic acids is 3. The van der Waals surface area contributed by atoms with E-state index in [9.17, 15) is 14.4 Å². The number of esters is 1. The summed E-state index contributed by atoms with van der Waals surface area (Å²) in [4.78, 5) is 36.0. The Balaban J connectivity index is 1.98. The Labute approximate surface area is 170 Å². The molecule has 2 rings (SSSR count). The van der Waals surface area contributed by atoms with Crippen LogP contribution < -0.4 is 10.6 Å². The molecule has 0 bridgehead atoms. The summed E-state index contributed by atoms with van der Waals surface area (Å²) < 4.78 is 6.81. The van der Waals surface area contributed by atoms with E-state index in [0.29, 0.717) is 23.5 Å². The molecule has 1 heterocycles. The van der Waals surface area contributed by atoms with Crippen molar-refractivity contribution in [3.63, 3.8) is 0 Å². The Bertz CT molecular complexity index is 908. The van der Waals surface area contributed by atoms with Gasteiger partial charge in [-0.15, -0.1) is 0 Å². The van der Waals surface area contributed by atoms with Crippen LogP contribution in [-0.4, -0.2) is 39.8 Å². The van der Waals surface area contributed by atoms with Gasteiger partial charge in [0, 0.05) is 5.54 Å². The minimum Gasteiger partial charge on any atom is -0.452 e. The monoisotopic (exact) mass is 400 g/mol. The molecule has 3 amide bonds. The van der Waals surface area contributed by atoms with Gasteiger partial charge in [0.2, 0.25) is 0 Å². The molecule has 156 valence electrons. The lowest BCUT2D eigenvalue weighted by atomic mass is 10.1. The third kappa shape index (κ3) is 6.44. The van der Waals surface area contributed by atoms with Crippen molar-refractivity contribution < 1.29 is 19.1 Å². The Kier molecular flexibility index (Phi) is 6.79. The molecule has 0 unspecified atom stereocenters. The third-order valence-corrected chi connectivity index (χ3v) is 4.11. The SMILES string of the molecule is Cc1ccc(Cn2nc(C)c(C(=O)OCC(=O)NC(=O)NC(C)(C)C)c2C)cc1. The number of aromatic nitrogens is 2. The number of hydrogen-bond donors (Lipinski definition) is 2. The van der Waals surface area contributed by atoms with Gasteiger partial charge in [-0.05, 0) is 47.1 Å². The smallest absolute Gasteiger partial charge is 0.342 e. The fraction of sp³-hybridized carbons (Fsp3) is 0.429. The van der Waals surface area contributed by atoms with Crippen LogP contribution in [0.1, 0.15) is 53.6 Å². The second-order valence-corrected chi connectivity index (χ2v) is 8.02. The second-order valence-electron chi connectivity index (χ2n) is 8.02. The van der Waals surface area contributed by atoms with Gasteiger partial charge in [0.15, 0.2) is 6.61 Å². The summed E-state index contributed by atoms with van der Waals surface area (Å²) in [6.45, 7) is 10.8. The lowest BCUT2D eigenvalue weighted by Gasteiger charge is -2.20. The first kappa shape index (κ1) is 22.1. The van der Waals surface area contributed by atoms with E-state index in [-0.39, 0.29) is 0 Å². The van der Waals surface area contributed by atoms with Crippen molar-refractivity contribution in [2.24, 2.45) is 0 Å². The maximum atomic E-state index is 12.5. The van der Waals surface area contributed by atoms with E-state index < -0.39 is 30.1 Å². The highest BCUT2D eigenvalue weighted by molar-refractivity contribution is 5.97. The van der Waals surface area contributed by atoms with E-state index in [1.165, 1.54) is 5.56 Å². The maximum Gasteiger partial charge on any atom is 0.342 e. The lowest BCUT2D eigenvalue weighted by molar-refractivity contribution is -0.123. The number of nitrogens with one attached hydrogen (secondary N) is 2. The Morgan fingerprint density at radius 3 is 2.28 bits per heavy atom. The Morgan fingerprint density at radius 1 is 1.07 bits per heavy atom. The number of benzene rings is 1. The van der Waals surface area contributed by atoms with Crippen molar-refractivity contribution in [3.8, 4) is 0 Å². The average Bonchev–Trinajstić information content (AvgIpc) is 2.86. The van der Waals surface area contributed by atoms with Gasteiger partial charge in [-0.2, -0.15) is 5.10 Å². The molecule has 0 aliphatic carbocycles. The van der Waals surface area contributed by atoms with Gasteiger partial charge in [-0.3, -0.25) is 14.8 Å². The fourth-order valence-corrected chi connectivity index (χ4v) is 2.75. The molecule has 0 spiro atoms. The molecule has 0 radical (unpaired) electrons. The summed E-state index contributed by atoms with van der Waals surface area (Å²) in [5.41, 5.74) is 3.24. The van der Waals surface area contributed by atoms with Crippen LogP contribution in [0.2, 0.25) is 0 Å². The van der Waals surface area contributed by atoms with Crippen molar-refractivity contribution in [2.45, 2.75) is 53.6 Å². The van der Waals surface area contributed by atoms with Crippen molar-refractivity contribution >= 4 is 17.9 Å². The Hall–Kier alpha value is -3.16. The molecule has 2 aromatic rings. The number of hydrogen-bond acceptors (Lipinski definition) is 5. The molecule has 0 saturated carbocycles. The highest BCUT2D eigenvalue weighted by atomic mass is 16.5. The van der Waals surface area contributed by atoms with Crippen LogP contribution in [-0.2, 0) is 16.1 Å². The molecule has 0 atom stereocenters. The molecule has 0 aliphatic rings. The van der Waals surface area contributed by atoms with Crippen LogP contribution in [0.5, 0.6) is 0 Å². The number of aryl methyl sites for hydroxylation is 2. The fourth-order valence-electron chi connectivity index (χ4n) is 2.75. The van der Waals surface area contributed by atoms with E-state index >= 15 is 0 Å². The number of rotatable bonds is 5. The zero-order chi connectivity index (χ0) is 21.8. The summed E-state index contributed by atoms with van der Waals surface area (Å²) in [6.07, 6.45) is 0. The van der Waals surface area contributed by atoms with E-state index in [4.69, 9.17) is 4.74 Å². The predicted octanol–water partition coefficient (Wildman–Crippen LogP) is 2.64. The minimum atomic E-state index is -0.706. The molecule has 1 aromatic carbocycles. The van der Waals surface area contributed by atoms with Gasteiger partial charge >= 0.3 is 12.0 Å². The van der Waals surface area contributed by atoms with Gasteiger partial charge in [0.25, 0.3) is 5.91 Å². The summed E-state index contributed by atoms with van der Waals surface area (Å²) >= 11 is 0. The normalized spacial score (nSPS) is 11.1. The Morgan fingerprint density at radius 2 is 1.69 bits per heavy atom. The van der Waals surface area contributed by atoms with Crippen molar-refractivity contribution in [1.29, 1.82) is 0 Å². The van der Waals surface area contributed by atoms with Crippen LogP contribution in [0.15, 0.2) is 24.3 Å². The number of imide groups is 1. The maximum absolute atomic E-state index is 12.5. The number of amides is 3. The van der Waals surface area contributed by atoms with Crippen molar-refractivity contribution in [1.82, 2.24) is 20.4 Å². The predicted molar refractivity (Wildman–Crippen MR) is 109 cm³/mol. The van der Waals surface area contributed by atoms with Crippen LogP contribution >= 0.6 is 0 Å². The standard InChI is InChI=1S/C21H28N4O4/c1-13-7-9-16(10-8-13)11-25-15(3)18(14(2)24-25)19(27)29-12-17(26)22-20(28)23-21(4,5)6/h7-10H,11-12H2,1-6H3,(H2,22,23,26,28). The van der Waals surface area contributed by atoms with Gasteiger partial charge in [-0.25, -0.2) is 9.59 Å². The second kappa shape index (κ2) is 8.89. The van der Waals surface area contributed by atoms with Crippen molar-refractivity contribution in [2.75, 3.05) is 6.61 Å². The first-order valence-electron chi connectivity index (χ1n) is 9.35. The zero-order valence-corrected chi connectivity index (χ0v) is 17.8. The van der Waals surface area contributed by atoms with E-state index in [1.807, 2.05) is 31.2 Å². The zero-order valence-electron chi connectivity index (χ0n) is 17.8. The highest BCUT2D eigenvalue weighted by Gasteiger charge is 2.22. The summed E-state index contributed by atoms with van der Waals surface area (Å²) in [5, 5.41) is 9.14. The van der Waals surface area contributed by atoms with Crippen LogP contribution in [0.3, 0.4) is 0 Å². The quantitative estimate of drug-likeness (QED) is 0.751. The van der Waals surface area contributed by atoms with Crippen LogP contribution in [0.25, 0.3) is 0 Å². The molecule has 8 nitrogen and oxygen atoms in total. The van der Waals surface area contributed by atoms with Gasteiger partial charge < -0.3 is 10.1 Å². The van der Waals surface area contributed by atoms with Crippen molar-refractivity contribution in [3.05, 3.63) is 52.3 Å². The molecule has 0 saturated heterocycles. The first-order valence-corrected chi connectivity index (χ1v) is 9.35.